The highest BCUT2D eigenvalue weighted by atomic mass is 35.5. The predicted octanol–water partition coefficient (Wildman–Crippen LogP) is 3.04. The van der Waals surface area contributed by atoms with E-state index in [0.717, 1.165) is 12.8 Å². The maximum atomic E-state index is 12.5. The molecule has 1 rings (SSSR count). The maximum Gasteiger partial charge on any atom is 0.141 e. The van der Waals surface area contributed by atoms with Crippen LogP contribution in [0.5, 0.6) is 0 Å². The lowest BCUT2D eigenvalue weighted by molar-refractivity contribution is 0.620. The first-order valence-corrected chi connectivity index (χ1v) is 5.23. The molecule has 1 aromatic heterocycles. The first kappa shape index (κ1) is 11.2. The summed E-state index contributed by atoms with van der Waals surface area (Å²) in [5, 5.41) is 3.19. The molecule has 0 saturated heterocycles. The Morgan fingerprint density at radius 2 is 2.36 bits per heavy atom. The monoisotopic (exact) mass is 216 g/mol. The minimum absolute atomic E-state index is 0.311. The van der Waals surface area contributed by atoms with Gasteiger partial charge in [0, 0.05) is 11.9 Å². The summed E-state index contributed by atoms with van der Waals surface area (Å²) in [5.41, 5.74) is 0. The van der Waals surface area contributed by atoms with Gasteiger partial charge in [-0.25, -0.2) is 9.37 Å². The van der Waals surface area contributed by atoms with Crippen molar-refractivity contribution in [2.45, 2.75) is 25.8 Å². The summed E-state index contributed by atoms with van der Waals surface area (Å²) >= 11 is 5.65. The van der Waals surface area contributed by atoms with E-state index in [-0.39, 0.29) is 5.82 Å². The molecule has 1 N–H and O–H groups in total. The van der Waals surface area contributed by atoms with Gasteiger partial charge in [0.1, 0.15) is 11.6 Å². The van der Waals surface area contributed by atoms with E-state index >= 15 is 0 Å². The number of anilines is 1. The van der Waals surface area contributed by atoms with Crippen LogP contribution >= 0.6 is 11.6 Å². The molecule has 0 saturated carbocycles. The standard InChI is InChI=1S/C10H14ClFN2/c1-2-9(5-6-11)14-10-4-3-8(12)7-13-10/h3-4,7,9H,2,5-6H2,1H3,(H,13,14). The Morgan fingerprint density at radius 3 is 2.86 bits per heavy atom. The SMILES string of the molecule is CCC(CCCl)Nc1ccc(F)cn1. The largest absolute Gasteiger partial charge is 0.367 e. The number of aromatic nitrogens is 1. The first-order chi connectivity index (χ1) is 6.76. The topological polar surface area (TPSA) is 24.9 Å². The van der Waals surface area contributed by atoms with Crippen molar-refractivity contribution >= 4 is 17.4 Å². The molecule has 0 radical (unpaired) electrons. The predicted molar refractivity (Wildman–Crippen MR) is 57.2 cm³/mol. The highest BCUT2D eigenvalue weighted by Gasteiger charge is 2.05. The van der Waals surface area contributed by atoms with Crippen LogP contribution in [-0.4, -0.2) is 16.9 Å². The number of nitrogens with one attached hydrogen (secondary N) is 1. The lowest BCUT2D eigenvalue weighted by Gasteiger charge is -2.15. The first-order valence-electron chi connectivity index (χ1n) is 4.70. The second kappa shape index (κ2) is 5.81. The third-order valence-electron chi connectivity index (χ3n) is 2.03. The van der Waals surface area contributed by atoms with Gasteiger partial charge in [-0.3, -0.25) is 0 Å². The van der Waals surface area contributed by atoms with Gasteiger partial charge in [-0.05, 0) is 25.0 Å². The maximum absolute atomic E-state index is 12.5. The van der Waals surface area contributed by atoms with E-state index < -0.39 is 0 Å². The zero-order valence-corrected chi connectivity index (χ0v) is 8.89. The fourth-order valence-corrected chi connectivity index (χ4v) is 1.44. The van der Waals surface area contributed by atoms with Crippen molar-refractivity contribution in [3.8, 4) is 0 Å². The van der Waals surface area contributed by atoms with Crippen molar-refractivity contribution in [3.63, 3.8) is 0 Å². The van der Waals surface area contributed by atoms with Gasteiger partial charge >= 0.3 is 0 Å². The third-order valence-corrected chi connectivity index (χ3v) is 2.25. The highest BCUT2D eigenvalue weighted by molar-refractivity contribution is 6.17. The molecule has 0 bridgehead atoms. The number of hydrogen-bond donors (Lipinski definition) is 1. The van der Waals surface area contributed by atoms with Gasteiger partial charge in [0.25, 0.3) is 0 Å². The van der Waals surface area contributed by atoms with Crippen LogP contribution in [0.3, 0.4) is 0 Å². The van der Waals surface area contributed by atoms with Gasteiger partial charge in [0.15, 0.2) is 0 Å². The Hall–Kier alpha value is -0.830. The van der Waals surface area contributed by atoms with Crippen LogP contribution in [0, 0.1) is 5.82 Å². The number of rotatable bonds is 5. The number of nitrogens with zero attached hydrogens (tertiary/aromatic N) is 1. The molecule has 1 heterocycles. The molecule has 1 unspecified atom stereocenters. The van der Waals surface area contributed by atoms with Crippen LogP contribution in [-0.2, 0) is 0 Å². The van der Waals surface area contributed by atoms with E-state index in [9.17, 15) is 4.39 Å². The second-order valence-corrected chi connectivity index (χ2v) is 3.47. The molecule has 2 nitrogen and oxygen atoms in total. The normalized spacial score (nSPS) is 12.5. The summed E-state index contributed by atoms with van der Waals surface area (Å²) in [7, 11) is 0. The van der Waals surface area contributed by atoms with Crippen molar-refractivity contribution in [3.05, 3.63) is 24.1 Å². The molecule has 1 atom stereocenters. The average molecular weight is 217 g/mol. The van der Waals surface area contributed by atoms with Crippen LogP contribution in [0.1, 0.15) is 19.8 Å². The molecule has 78 valence electrons. The molecule has 0 amide bonds. The van der Waals surface area contributed by atoms with Crippen LogP contribution in [0.15, 0.2) is 18.3 Å². The van der Waals surface area contributed by atoms with Crippen molar-refractivity contribution in [2.75, 3.05) is 11.2 Å². The molecule has 4 heteroatoms. The van der Waals surface area contributed by atoms with Crippen molar-refractivity contribution in [1.29, 1.82) is 0 Å². The van der Waals surface area contributed by atoms with E-state index in [1.807, 2.05) is 0 Å². The summed E-state index contributed by atoms with van der Waals surface area (Å²) in [6, 6.07) is 3.33. The van der Waals surface area contributed by atoms with Crippen molar-refractivity contribution in [2.24, 2.45) is 0 Å². The third kappa shape index (κ3) is 3.50. The van der Waals surface area contributed by atoms with E-state index in [1.165, 1.54) is 12.3 Å². The molecule has 0 aliphatic heterocycles. The lowest BCUT2D eigenvalue weighted by atomic mass is 10.2. The Kier molecular flexibility index (Phi) is 4.66. The quantitative estimate of drug-likeness (QED) is 0.766. The van der Waals surface area contributed by atoms with Crippen LogP contribution < -0.4 is 5.32 Å². The summed E-state index contributed by atoms with van der Waals surface area (Å²) in [4.78, 5) is 3.92. The second-order valence-electron chi connectivity index (χ2n) is 3.09. The number of pyridine rings is 1. The minimum atomic E-state index is -0.319. The Morgan fingerprint density at radius 1 is 1.57 bits per heavy atom. The summed E-state index contributed by atoms with van der Waals surface area (Å²) in [6.07, 6.45) is 3.07. The highest BCUT2D eigenvalue weighted by Crippen LogP contribution is 2.09. The molecule has 0 aromatic carbocycles. The van der Waals surface area contributed by atoms with E-state index in [4.69, 9.17) is 11.6 Å². The molecule has 14 heavy (non-hydrogen) atoms. The van der Waals surface area contributed by atoms with Gasteiger partial charge in [-0.2, -0.15) is 0 Å². The van der Waals surface area contributed by atoms with Gasteiger partial charge < -0.3 is 5.32 Å². The van der Waals surface area contributed by atoms with Gasteiger partial charge in [0.2, 0.25) is 0 Å². The number of alkyl halides is 1. The molecule has 1 aromatic rings. The summed E-state index contributed by atoms with van der Waals surface area (Å²) in [5.74, 6) is 0.997. The van der Waals surface area contributed by atoms with Crippen LogP contribution in [0.25, 0.3) is 0 Å². The number of halogens is 2. The molecule has 0 aliphatic rings. The van der Waals surface area contributed by atoms with Gasteiger partial charge in [-0.1, -0.05) is 6.92 Å². The van der Waals surface area contributed by atoms with Gasteiger partial charge in [0.05, 0.1) is 6.20 Å². The van der Waals surface area contributed by atoms with E-state index in [2.05, 4.69) is 17.2 Å². The Bertz CT molecular complexity index is 263. The van der Waals surface area contributed by atoms with Crippen LogP contribution in [0.2, 0.25) is 0 Å². The fraction of sp³-hybridized carbons (Fsp3) is 0.500. The molecule has 0 fully saturated rings. The molecule has 0 aliphatic carbocycles. The van der Waals surface area contributed by atoms with E-state index in [0.29, 0.717) is 17.7 Å². The Balaban J connectivity index is 2.53. The van der Waals surface area contributed by atoms with Crippen LogP contribution in [0.4, 0.5) is 10.2 Å². The zero-order chi connectivity index (χ0) is 10.4. The van der Waals surface area contributed by atoms with Gasteiger partial charge in [-0.15, -0.1) is 11.6 Å². The smallest absolute Gasteiger partial charge is 0.141 e. The lowest BCUT2D eigenvalue weighted by Crippen LogP contribution is -2.19. The summed E-state index contributed by atoms with van der Waals surface area (Å²) in [6.45, 7) is 2.08. The number of hydrogen-bond acceptors (Lipinski definition) is 2. The molecular formula is C10H14ClFN2. The minimum Gasteiger partial charge on any atom is -0.367 e. The average Bonchev–Trinajstić information content (AvgIpc) is 2.20. The molecule has 0 spiro atoms. The Labute approximate surface area is 88.5 Å². The zero-order valence-electron chi connectivity index (χ0n) is 8.13. The fourth-order valence-electron chi connectivity index (χ4n) is 1.18. The van der Waals surface area contributed by atoms with Crippen molar-refractivity contribution < 1.29 is 4.39 Å². The van der Waals surface area contributed by atoms with E-state index in [1.54, 1.807) is 6.07 Å². The van der Waals surface area contributed by atoms with Crippen molar-refractivity contribution in [1.82, 2.24) is 4.98 Å². The molecular weight excluding hydrogens is 203 g/mol. The summed E-state index contributed by atoms with van der Waals surface area (Å²) < 4.78 is 12.5.